The van der Waals surface area contributed by atoms with E-state index in [0.29, 0.717) is 37.8 Å². The fourth-order valence-corrected chi connectivity index (χ4v) is 7.58. The largest absolute Gasteiger partial charge is 0.508 e. The summed E-state index contributed by atoms with van der Waals surface area (Å²) >= 11 is 8.15. The van der Waals surface area contributed by atoms with E-state index in [1.165, 1.54) is 29.2 Å². The summed E-state index contributed by atoms with van der Waals surface area (Å²) in [6.07, 6.45) is -1.48. The predicted octanol–water partition coefficient (Wildman–Crippen LogP) is -5.03. The highest BCUT2D eigenvalue weighted by Gasteiger charge is 2.40. The Morgan fingerprint density at radius 1 is 0.700 bits per heavy atom. The highest BCUT2D eigenvalue weighted by molar-refractivity contribution is 7.80. The Labute approximate surface area is 416 Å². The Kier molecular flexibility index (Phi) is 26.0. The molecule has 1 aliphatic rings. The average Bonchev–Trinajstić information content (AvgIpc) is 3.82. The Balaban J connectivity index is 2.34. The van der Waals surface area contributed by atoms with Crippen LogP contribution in [0.3, 0.4) is 0 Å². The van der Waals surface area contributed by atoms with Crippen molar-refractivity contribution in [1.29, 1.82) is 0 Å². The van der Waals surface area contributed by atoms with Gasteiger partial charge in [0.2, 0.25) is 65.0 Å². The van der Waals surface area contributed by atoms with Crippen LogP contribution in [-0.2, 0) is 59.2 Å². The molecule has 0 bridgehead atoms. The summed E-state index contributed by atoms with van der Waals surface area (Å²) in [5.41, 5.74) is 22.0. The number of primary amides is 3. The summed E-state index contributed by atoms with van der Waals surface area (Å²) in [7, 11) is 0. The molecule has 2 rings (SSSR count). The lowest BCUT2D eigenvalue weighted by Gasteiger charge is -2.30. The number of amides is 11. The quantitative estimate of drug-likeness (QED) is 0.0245. The van der Waals surface area contributed by atoms with Crippen molar-refractivity contribution in [1.82, 2.24) is 42.1 Å². The number of likely N-dealkylation sites (tertiary alicyclic amines) is 1. The smallest absolute Gasteiger partial charge is 0.250 e. The number of aliphatic hydroxyl groups excluding tert-OH is 1. The van der Waals surface area contributed by atoms with E-state index in [1.54, 1.807) is 13.8 Å². The molecule has 1 saturated heterocycles. The van der Waals surface area contributed by atoms with Gasteiger partial charge in [-0.3, -0.25) is 52.7 Å². The number of nitrogens with zero attached hydrogens (tertiary/aromatic N) is 1. The summed E-state index contributed by atoms with van der Waals surface area (Å²) in [4.78, 5) is 145. The standard InChI is InChI=1S/C43H68N12O13S2/c1-3-22(2)35(54-39(64)27(52-41(66)31(57)21-70)17-23-9-11-24(56)12-10-23)42(67)50-26(13-14-32(45)58)37(62)51-28(18-33(46)59)38(63)53-29(20-69)43(68)55-16-6-8-30(55)40(65)49-25(7-4-5-15-44)36(61)48-19-34(47)60/h9-12,22,25-31,35,56-57,69-70H,3-8,13-21,44H2,1-2H3,(H2,45,58)(H2,46,59)(H2,47,60)(H,48,61)(H,49,65)(H,50,67)(H,51,62)(H,52,66)(H,53,63)(H,54,64)/t22-,25-,26-,27-,28-,29-,30-,31+,35-/m0/s1. The van der Waals surface area contributed by atoms with Gasteiger partial charge in [0.25, 0.3) is 0 Å². The first-order valence-corrected chi connectivity index (χ1v) is 24.0. The van der Waals surface area contributed by atoms with Crippen LogP contribution in [0.4, 0.5) is 0 Å². The first kappa shape index (κ1) is 59.9. The molecule has 1 heterocycles. The number of phenols is 1. The molecule has 0 radical (unpaired) electrons. The zero-order chi connectivity index (χ0) is 52.7. The maximum absolute atomic E-state index is 14.0. The molecular formula is C43H68N12O13S2. The summed E-state index contributed by atoms with van der Waals surface area (Å²) in [6, 6.07) is -4.10. The minimum Gasteiger partial charge on any atom is -0.508 e. The van der Waals surface area contributed by atoms with Crippen molar-refractivity contribution in [2.24, 2.45) is 28.9 Å². The highest BCUT2D eigenvalue weighted by atomic mass is 32.1. The number of aliphatic hydroxyl groups is 1. The van der Waals surface area contributed by atoms with Crippen LogP contribution < -0.4 is 60.2 Å². The molecule has 27 heteroatoms. The number of nitrogens with one attached hydrogen (secondary N) is 7. The molecule has 11 amide bonds. The molecule has 0 unspecified atom stereocenters. The lowest BCUT2D eigenvalue weighted by molar-refractivity contribution is -0.142. The Morgan fingerprint density at radius 3 is 1.86 bits per heavy atom. The van der Waals surface area contributed by atoms with Crippen molar-refractivity contribution in [3.63, 3.8) is 0 Å². The third-order valence-corrected chi connectivity index (χ3v) is 12.0. The second kappa shape index (κ2) is 30.4. The summed E-state index contributed by atoms with van der Waals surface area (Å²) in [5.74, 6) is -11.1. The fourth-order valence-electron chi connectivity index (χ4n) is 7.17. The normalized spacial score (nSPS) is 16.6. The first-order chi connectivity index (χ1) is 33.1. The van der Waals surface area contributed by atoms with Crippen LogP contribution in [0, 0.1) is 5.92 Å². The van der Waals surface area contributed by atoms with Crippen molar-refractivity contribution in [2.45, 2.75) is 126 Å². The molecular weight excluding hydrogens is 957 g/mol. The van der Waals surface area contributed by atoms with E-state index < -0.39 is 145 Å². The third kappa shape index (κ3) is 20.0. The van der Waals surface area contributed by atoms with Gasteiger partial charge in [-0.05, 0) is 68.7 Å². The summed E-state index contributed by atoms with van der Waals surface area (Å²) in [5, 5.41) is 37.1. The number of phenolic OH excluding ortho intramolecular Hbond substituents is 1. The van der Waals surface area contributed by atoms with Gasteiger partial charge in [0.1, 0.15) is 54.1 Å². The molecule has 25 nitrogen and oxygen atoms in total. The van der Waals surface area contributed by atoms with Crippen molar-refractivity contribution in [3.8, 4) is 5.75 Å². The highest BCUT2D eigenvalue weighted by Crippen LogP contribution is 2.20. The van der Waals surface area contributed by atoms with Crippen LogP contribution in [0.2, 0.25) is 0 Å². The zero-order valence-corrected chi connectivity index (χ0v) is 40.9. The van der Waals surface area contributed by atoms with Crippen LogP contribution in [0.25, 0.3) is 0 Å². The maximum Gasteiger partial charge on any atom is 0.250 e. The molecule has 9 atom stereocenters. The van der Waals surface area contributed by atoms with E-state index >= 15 is 0 Å². The van der Waals surface area contributed by atoms with Gasteiger partial charge in [-0.1, -0.05) is 32.4 Å². The number of nitrogens with two attached hydrogens (primary N) is 4. The number of carbonyl (C=O) groups is 11. The van der Waals surface area contributed by atoms with Crippen LogP contribution in [-0.4, -0.2) is 160 Å². The minimum atomic E-state index is -1.78. The van der Waals surface area contributed by atoms with Crippen LogP contribution in [0.5, 0.6) is 5.75 Å². The molecule has 0 aliphatic carbocycles. The van der Waals surface area contributed by atoms with Gasteiger partial charge < -0.3 is 75.3 Å². The molecule has 1 aromatic carbocycles. The molecule has 1 fully saturated rings. The molecule has 17 N–H and O–H groups in total. The number of hydrogen-bond acceptors (Lipinski definition) is 16. The van der Waals surface area contributed by atoms with Crippen LogP contribution in [0.15, 0.2) is 24.3 Å². The Bertz CT molecular complexity index is 2020. The van der Waals surface area contributed by atoms with Gasteiger partial charge in [0, 0.05) is 30.9 Å². The number of hydrogen-bond donors (Lipinski definition) is 15. The van der Waals surface area contributed by atoms with Crippen molar-refractivity contribution >= 4 is 90.2 Å². The topological polar surface area (TPSA) is 420 Å². The monoisotopic (exact) mass is 1020 g/mol. The summed E-state index contributed by atoms with van der Waals surface area (Å²) in [6.45, 7) is 3.23. The summed E-state index contributed by atoms with van der Waals surface area (Å²) < 4.78 is 0. The zero-order valence-electron chi connectivity index (χ0n) is 39.1. The lowest BCUT2D eigenvalue weighted by atomic mass is 9.96. The first-order valence-electron chi connectivity index (χ1n) is 22.7. The lowest BCUT2D eigenvalue weighted by Crippen LogP contribution is -2.61. The van der Waals surface area contributed by atoms with Gasteiger partial charge in [-0.2, -0.15) is 25.3 Å². The minimum absolute atomic E-state index is 0.0641. The van der Waals surface area contributed by atoms with Gasteiger partial charge in [-0.15, -0.1) is 0 Å². The van der Waals surface area contributed by atoms with E-state index in [0.717, 1.165) is 0 Å². The Hall–Kier alpha value is -6.19. The van der Waals surface area contributed by atoms with E-state index in [-0.39, 0.29) is 43.1 Å². The van der Waals surface area contributed by atoms with Crippen LogP contribution >= 0.6 is 25.3 Å². The van der Waals surface area contributed by atoms with Crippen LogP contribution in [0.1, 0.15) is 77.2 Å². The third-order valence-electron chi connectivity index (χ3n) is 11.3. The number of aromatic hydroxyl groups is 1. The van der Waals surface area contributed by atoms with Gasteiger partial charge in [0.15, 0.2) is 0 Å². The molecule has 70 heavy (non-hydrogen) atoms. The second-order valence-corrected chi connectivity index (χ2v) is 17.5. The van der Waals surface area contributed by atoms with E-state index in [4.69, 9.17) is 22.9 Å². The molecule has 0 spiro atoms. The number of benzene rings is 1. The predicted molar refractivity (Wildman–Crippen MR) is 259 cm³/mol. The number of carbonyl (C=O) groups excluding carboxylic acids is 11. The van der Waals surface area contributed by atoms with Crippen molar-refractivity contribution in [2.75, 3.05) is 31.1 Å². The number of rotatable bonds is 31. The molecule has 1 aliphatic heterocycles. The fraction of sp³-hybridized carbons (Fsp3) is 0.605. The van der Waals surface area contributed by atoms with E-state index in [2.05, 4.69) is 62.5 Å². The van der Waals surface area contributed by atoms with E-state index in [1.807, 2.05) is 0 Å². The second-order valence-electron chi connectivity index (χ2n) is 16.8. The van der Waals surface area contributed by atoms with Crippen molar-refractivity contribution in [3.05, 3.63) is 29.8 Å². The number of thiol groups is 2. The average molecular weight is 1030 g/mol. The molecule has 0 saturated carbocycles. The van der Waals surface area contributed by atoms with Gasteiger partial charge >= 0.3 is 0 Å². The van der Waals surface area contributed by atoms with E-state index in [9.17, 15) is 63.0 Å². The number of unbranched alkanes of at least 4 members (excludes halogenated alkanes) is 1. The van der Waals surface area contributed by atoms with Gasteiger partial charge in [-0.25, -0.2) is 0 Å². The SMILES string of the molecule is CC[C@H](C)[C@H](NC(=O)[C@H](Cc1ccc(O)cc1)NC(=O)[C@H](O)CS)C(=O)N[C@@H](CCC(N)=O)C(=O)N[C@@H](CC(N)=O)C(=O)N[C@@H](CS)C(=O)N1CCC[C@H]1C(=O)N[C@@H](CCCCN)C(=O)NCC(N)=O. The molecule has 390 valence electrons. The van der Waals surface area contributed by atoms with Gasteiger partial charge in [0.05, 0.1) is 13.0 Å². The maximum atomic E-state index is 14.0. The Morgan fingerprint density at radius 2 is 1.29 bits per heavy atom. The molecule has 0 aromatic heterocycles. The van der Waals surface area contributed by atoms with Crippen molar-refractivity contribution < 1.29 is 63.0 Å². The molecule has 1 aromatic rings.